The molecule has 0 atom stereocenters. The molecule has 1 aliphatic rings. The molecule has 21 heavy (non-hydrogen) atoms. The number of carbonyl (C=O) groups is 1. The summed E-state index contributed by atoms with van der Waals surface area (Å²) < 4.78 is 2.01. The number of aryl methyl sites for hydroxylation is 1. The van der Waals surface area contributed by atoms with Crippen LogP contribution in [0.2, 0.25) is 0 Å². The minimum absolute atomic E-state index is 0.153. The van der Waals surface area contributed by atoms with Gasteiger partial charge >= 0.3 is 0 Å². The third-order valence-corrected chi connectivity index (χ3v) is 4.19. The van der Waals surface area contributed by atoms with Gasteiger partial charge < -0.3 is 15.2 Å². The van der Waals surface area contributed by atoms with Crippen LogP contribution >= 0.6 is 0 Å². The summed E-state index contributed by atoms with van der Waals surface area (Å²) in [6.07, 6.45) is 7.65. The third kappa shape index (κ3) is 3.80. The molecule has 0 bridgehead atoms. The van der Waals surface area contributed by atoms with Crippen molar-refractivity contribution in [3.05, 3.63) is 18.0 Å². The summed E-state index contributed by atoms with van der Waals surface area (Å²) in [4.78, 5) is 15.1. The fourth-order valence-electron chi connectivity index (χ4n) is 3.29. The highest BCUT2D eigenvalue weighted by molar-refractivity contribution is 5.94. The highest BCUT2D eigenvalue weighted by Crippen LogP contribution is 2.26. The first-order valence-corrected chi connectivity index (χ1v) is 8.29. The van der Waals surface area contributed by atoms with Crippen molar-refractivity contribution in [2.75, 3.05) is 12.3 Å². The van der Waals surface area contributed by atoms with Crippen LogP contribution in [0.1, 0.15) is 63.4 Å². The zero-order valence-electron chi connectivity index (χ0n) is 13.6. The second kappa shape index (κ2) is 7.01. The lowest BCUT2D eigenvalue weighted by Gasteiger charge is -2.31. The zero-order chi connectivity index (χ0) is 15.4. The fraction of sp³-hybridized carbons (Fsp3) is 0.706. The lowest BCUT2D eigenvalue weighted by atomic mass is 10.1. The second-order valence-electron chi connectivity index (χ2n) is 6.64. The molecule has 4 heteroatoms. The minimum Gasteiger partial charge on any atom is -0.397 e. The maximum Gasteiger partial charge on any atom is 0.270 e. The Morgan fingerprint density at radius 1 is 1.43 bits per heavy atom. The number of hydrogen-bond donors (Lipinski definition) is 1. The van der Waals surface area contributed by atoms with Gasteiger partial charge in [0.05, 0.1) is 5.69 Å². The predicted octanol–water partition coefficient (Wildman–Crippen LogP) is 3.52. The molecule has 1 aromatic rings. The van der Waals surface area contributed by atoms with E-state index in [0.717, 1.165) is 38.0 Å². The van der Waals surface area contributed by atoms with Crippen molar-refractivity contribution in [2.45, 2.75) is 65.5 Å². The molecule has 0 unspecified atom stereocenters. The fourth-order valence-corrected chi connectivity index (χ4v) is 3.29. The molecule has 0 saturated heterocycles. The number of amides is 1. The Labute approximate surface area is 128 Å². The Bertz CT molecular complexity index is 472. The molecule has 1 amide bonds. The lowest BCUT2D eigenvalue weighted by molar-refractivity contribution is 0.0644. The molecule has 0 aromatic carbocycles. The van der Waals surface area contributed by atoms with Crippen LogP contribution in [0.3, 0.4) is 0 Å². The normalized spacial score (nSPS) is 15.8. The third-order valence-electron chi connectivity index (χ3n) is 4.19. The SMILES string of the molecule is CCCn1cc(N)cc1C(=O)N(CC(C)C)C1CCCC1. The smallest absolute Gasteiger partial charge is 0.270 e. The minimum atomic E-state index is 0.153. The van der Waals surface area contributed by atoms with Crippen LogP contribution in [-0.2, 0) is 6.54 Å². The predicted molar refractivity (Wildman–Crippen MR) is 87.3 cm³/mol. The molecule has 2 rings (SSSR count). The van der Waals surface area contributed by atoms with Crippen molar-refractivity contribution < 1.29 is 4.79 Å². The van der Waals surface area contributed by atoms with Gasteiger partial charge in [0, 0.05) is 25.3 Å². The summed E-state index contributed by atoms with van der Waals surface area (Å²) >= 11 is 0. The molecule has 0 spiro atoms. The van der Waals surface area contributed by atoms with Crippen molar-refractivity contribution >= 4 is 11.6 Å². The number of nitrogen functional groups attached to an aromatic ring is 1. The van der Waals surface area contributed by atoms with E-state index in [1.165, 1.54) is 12.8 Å². The van der Waals surface area contributed by atoms with E-state index in [4.69, 9.17) is 5.73 Å². The molecule has 0 radical (unpaired) electrons. The molecule has 1 fully saturated rings. The Balaban J connectivity index is 2.24. The average molecular weight is 291 g/mol. The van der Waals surface area contributed by atoms with E-state index in [9.17, 15) is 4.79 Å². The molecule has 0 aliphatic heterocycles. The quantitative estimate of drug-likeness (QED) is 0.872. The first-order valence-electron chi connectivity index (χ1n) is 8.29. The van der Waals surface area contributed by atoms with E-state index >= 15 is 0 Å². The lowest BCUT2D eigenvalue weighted by Crippen LogP contribution is -2.42. The zero-order valence-corrected chi connectivity index (χ0v) is 13.6. The van der Waals surface area contributed by atoms with Crippen LogP contribution in [0.15, 0.2) is 12.3 Å². The Kier molecular flexibility index (Phi) is 5.32. The summed E-state index contributed by atoms with van der Waals surface area (Å²) in [5.74, 6) is 0.641. The second-order valence-corrected chi connectivity index (χ2v) is 6.64. The van der Waals surface area contributed by atoms with Gasteiger partial charge in [0.25, 0.3) is 5.91 Å². The Hall–Kier alpha value is -1.45. The highest BCUT2D eigenvalue weighted by atomic mass is 16.2. The van der Waals surface area contributed by atoms with Gasteiger partial charge in [-0.05, 0) is 31.2 Å². The first-order chi connectivity index (χ1) is 10.0. The number of carbonyl (C=O) groups excluding carboxylic acids is 1. The molecule has 1 heterocycles. The van der Waals surface area contributed by atoms with Crippen molar-refractivity contribution in [2.24, 2.45) is 5.92 Å². The molecule has 2 N–H and O–H groups in total. The standard InChI is InChI=1S/C17H29N3O/c1-4-9-19-12-14(18)10-16(19)17(21)20(11-13(2)3)15-7-5-6-8-15/h10,12-13,15H,4-9,11,18H2,1-3H3. The van der Waals surface area contributed by atoms with Crippen LogP contribution in [0, 0.1) is 5.92 Å². The summed E-state index contributed by atoms with van der Waals surface area (Å²) in [6, 6.07) is 2.24. The number of aromatic nitrogens is 1. The molecule has 4 nitrogen and oxygen atoms in total. The summed E-state index contributed by atoms with van der Waals surface area (Å²) in [6.45, 7) is 8.15. The molecular weight excluding hydrogens is 262 g/mol. The van der Waals surface area contributed by atoms with Crippen LogP contribution in [-0.4, -0.2) is 28.0 Å². The van der Waals surface area contributed by atoms with Gasteiger partial charge in [-0.3, -0.25) is 4.79 Å². The maximum atomic E-state index is 13.0. The van der Waals surface area contributed by atoms with Crippen molar-refractivity contribution in [3.63, 3.8) is 0 Å². The van der Waals surface area contributed by atoms with Gasteiger partial charge in [-0.2, -0.15) is 0 Å². The van der Waals surface area contributed by atoms with Gasteiger partial charge in [0.15, 0.2) is 0 Å². The van der Waals surface area contributed by atoms with Gasteiger partial charge in [0.2, 0.25) is 0 Å². The number of nitrogens with two attached hydrogens (primary N) is 1. The average Bonchev–Trinajstić information content (AvgIpc) is 3.05. The molecule has 118 valence electrons. The van der Waals surface area contributed by atoms with Crippen molar-refractivity contribution in [3.8, 4) is 0 Å². The number of anilines is 1. The number of nitrogens with zero attached hydrogens (tertiary/aromatic N) is 2. The van der Waals surface area contributed by atoms with Crippen molar-refractivity contribution in [1.82, 2.24) is 9.47 Å². The van der Waals surface area contributed by atoms with E-state index in [-0.39, 0.29) is 5.91 Å². The Morgan fingerprint density at radius 2 is 2.10 bits per heavy atom. The number of rotatable bonds is 6. The van der Waals surface area contributed by atoms with Gasteiger partial charge in [0.1, 0.15) is 5.69 Å². The molecule has 1 saturated carbocycles. The van der Waals surface area contributed by atoms with Gasteiger partial charge in [-0.15, -0.1) is 0 Å². The van der Waals surface area contributed by atoms with Crippen LogP contribution in [0.5, 0.6) is 0 Å². The molecule has 1 aromatic heterocycles. The van der Waals surface area contributed by atoms with E-state index in [0.29, 0.717) is 17.6 Å². The Morgan fingerprint density at radius 3 is 2.67 bits per heavy atom. The summed E-state index contributed by atoms with van der Waals surface area (Å²) in [5.41, 5.74) is 7.35. The monoisotopic (exact) mass is 291 g/mol. The van der Waals surface area contributed by atoms with Crippen molar-refractivity contribution in [1.29, 1.82) is 0 Å². The topological polar surface area (TPSA) is 51.3 Å². The van der Waals surface area contributed by atoms with E-state index in [1.807, 2.05) is 16.8 Å². The summed E-state index contributed by atoms with van der Waals surface area (Å²) in [5, 5.41) is 0. The number of hydrogen-bond acceptors (Lipinski definition) is 2. The van der Waals surface area contributed by atoms with Crippen LogP contribution in [0.4, 0.5) is 5.69 Å². The molecule has 1 aliphatic carbocycles. The largest absolute Gasteiger partial charge is 0.397 e. The molecular formula is C17H29N3O. The first kappa shape index (κ1) is 15.9. The van der Waals surface area contributed by atoms with E-state index in [2.05, 4.69) is 25.7 Å². The van der Waals surface area contributed by atoms with E-state index < -0.39 is 0 Å². The van der Waals surface area contributed by atoms with Crippen LogP contribution in [0.25, 0.3) is 0 Å². The maximum absolute atomic E-state index is 13.0. The summed E-state index contributed by atoms with van der Waals surface area (Å²) in [7, 11) is 0. The van der Waals surface area contributed by atoms with Gasteiger partial charge in [-0.25, -0.2) is 0 Å². The highest BCUT2D eigenvalue weighted by Gasteiger charge is 2.29. The van der Waals surface area contributed by atoms with E-state index in [1.54, 1.807) is 0 Å². The van der Waals surface area contributed by atoms with Gasteiger partial charge in [-0.1, -0.05) is 33.6 Å². The van der Waals surface area contributed by atoms with Crippen LogP contribution < -0.4 is 5.73 Å².